The van der Waals surface area contributed by atoms with E-state index in [1.54, 1.807) is 0 Å². The van der Waals surface area contributed by atoms with Gasteiger partial charge in [-0.3, -0.25) is 9.69 Å². The topological polar surface area (TPSA) is 26.8 Å². The molecule has 1 aliphatic rings. The molecule has 1 saturated heterocycles. The highest BCUT2D eigenvalue weighted by Gasteiger charge is 2.28. The zero-order valence-corrected chi connectivity index (χ0v) is 14.5. The van der Waals surface area contributed by atoms with E-state index in [1.165, 1.54) is 0 Å². The Morgan fingerprint density at radius 3 is 1.90 bits per heavy atom. The van der Waals surface area contributed by atoms with Gasteiger partial charge in [-0.25, -0.2) is 0 Å². The average Bonchev–Trinajstić information content (AvgIpc) is 2.33. The molecule has 1 aliphatic heterocycles. The van der Waals surface area contributed by atoms with Crippen molar-refractivity contribution in [2.24, 2.45) is 0 Å². The van der Waals surface area contributed by atoms with Crippen molar-refractivity contribution in [3.63, 3.8) is 0 Å². The van der Waals surface area contributed by atoms with E-state index in [-0.39, 0.29) is 11.1 Å². The molecule has 0 N–H and O–H groups in total. The van der Waals surface area contributed by atoms with Crippen LogP contribution in [0.25, 0.3) is 0 Å². The zero-order valence-electron chi connectivity index (χ0n) is 14.5. The Kier molecular flexibility index (Phi) is 5.61. The van der Waals surface area contributed by atoms with E-state index in [9.17, 15) is 4.79 Å². The maximum absolute atomic E-state index is 12.3. The monoisotopic (exact) mass is 283 g/mol. The summed E-state index contributed by atoms with van der Waals surface area (Å²) in [6, 6.07) is 0. The number of carbonyl (C=O) groups is 1. The maximum atomic E-state index is 12.3. The van der Waals surface area contributed by atoms with E-state index in [0.717, 1.165) is 32.7 Å². The summed E-state index contributed by atoms with van der Waals surface area (Å²) in [6.45, 7) is 17.8. The molecule has 4 heteroatoms. The Morgan fingerprint density at radius 1 is 1.00 bits per heavy atom. The predicted octanol–water partition coefficient (Wildman–Crippen LogP) is 2.05. The molecule has 1 heterocycles. The summed E-state index contributed by atoms with van der Waals surface area (Å²) in [6.07, 6.45) is 0.628. The molecule has 20 heavy (non-hydrogen) atoms. The maximum Gasteiger partial charge on any atom is 0.223 e. The Bertz CT molecular complexity index is 320. The lowest BCUT2D eigenvalue weighted by atomic mass is 10.0. The first-order valence-corrected chi connectivity index (χ1v) is 7.76. The smallest absolute Gasteiger partial charge is 0.223 e. The molecule has 0 bridgehead atoms. The van der Waals surface area contributed by atoms with Crippen LogP contribution in [0.15, 0.2) is 0 Å². The molecule has 118 valence electrons. The van der Waals surface area contributed by atoms with Gasteiger partial charge in [0.1, 0.15) is 0 Å². The predicted molar refractivity (Wildman–Crippen MR) is 84.9 cm³/mol. The fourth-order valence-corrected chi connectivity index (χ4v) is 2.38. The normalized spacial score (nSPS) is 18.7. The van der Waals surface area contributed by atoms with Gasteiger partial charge in [-0.05, 0) is 48.6 Å². The van der Waals surface area contributed by atoms with Crippen molar-refractivity contribution in [3.8, 4) is 0 Å². The highest BCUT2D eigenvalue weighted by molar-refractivity contribution is 5.76. The average molecular weight is 283 g/mol. The van der Waals surface area contributed by atoms with Crippen molar-refractivity contribution in [3.05, 3.63) is 0 Å². The first-order valence-electron chi connectivity index (χ1n) is 7.76. The molecule has 1 amide bonds. The Balaban J connectivity index is 2.37. The van der Waals surface area contributed by atoms with Gasteiger partial charge in [-0.2, -0.15) is 0 Å². The third kappa shape index (κ3) is 5.06. The minimum atomic E-state index is 0.130. The summed E-state index contributed by atoms with van der Waals surface area (Å²) in [5, 5.41) is 0. The third-order valence-corrected chi connectivity index (χ3v) is 4.39. The summed E-state index contributed by atoms with van der Waals surface area (Å²) in [5.41, 5.74) is 0.340. The Morgan fingerprint density at radius 2 is 1.50 bits per heavy atom. The van der Waals surface area contributed by atoms with Crippen LogP contribution in [-0.4, -0.2) is 71.5 Å². The van der Waals surface area contributed by atoms with E-state index in [4.69, 9.17) is 0 Å². The molecule has 0 aromatic rings. The SMILES string of the molecule is CN(CCC(=O)N1CCN(C(C)(C)C)CC1)C(C)(C)C. The second-order valence-electron chi connectivity index (χ2n) is 7.88. The van der Waals surface area contributed by atoms with Gasteiger partial charge in [0.15, 0.2) is 0 Å². The summed E-state index contributed by atoms with van der Waals surface area (Å²) in [7, 11) is 2.09. The second-order valence-corrected chi connectivity index (χ2v) is 7.88. The van der Waals surface area contributed by atoms with Crippen LogP contribution in [0.5, 0.6) is 0 Å². The summed E-state index contributed by atoms with van der Waals surface area (Å²) in [5.74, 6) is 0.301. The fourth-order valence-electron chi connectivity index (χ4n) is 2.38. The molecule has 0 radical (unpaired) electrons. The number of hydrogen-bond donors (Lipinski definition) is 0. The molecule has 0 spiro atoms. The minimum Gasteiger partial charge on any atom is -0.340 e. The standard InChI is InChI=1S/C16H33N3O/c1-15(2,3)17(7)9-8-14(20)18-10-12-19(13-11-18)16(4,5)6/h8-13H2,1-7H3. The van der Waals surface area contributed by atoms with Crippen LogP contribution in [0.3, 0.4) is 0 Å². The molecule has 0 atom stereocenters. The summed E-state index contributed by atoms with van der Waals surface area (Å²) >= 11 is 0. The molecule has 0 aliphatic carbocycles. The molecular formula is C16H33N3O. The molecule has 1 fully saturated rings. The highest BCUT2D eigenvalue weighted by atomic mass is 16.2. The van der Waals surface area contributed by atoms with Crippen molar-refractivity contribution >= 4 is 5.91 Å². The highest BCUT2D eigenvalue weighted by Crippen LogP contribution is 2.16. The zero-order chi connectivity index (χ0) is 15.6. The fraction of sp³-hybridized carbons (Fsp3) is 0.938. The molecule has 0 aromatic carbocycles. The van der Waals surface area contributed by atoms with E-state index >= 15 is 0 Å². The van der Waals surface area contributed by atoms with Gasteiger partial charge in [0, 0.05) is 50.2 Å². The number of nitrogens with zero attached hydrogens (tertiary/aromatic N) is 3. The van der Waals surface area contributed by atoms with Crippen LogP contribution >= 0.6 is 0 Å². The molecule has 0 aromatic heterocycles. The van der Waals surface area contributed by atoms with Crippen LogP contribution in [0.2, 0.25) is 0 Å². The quantitative estimate of drug-likeness (QED) is 0.793. The number of piperazine rings is 1. The van der Waals surface area contributed by atoms with Crippen molar-refractivity contribution in [1.82, 2.24) is 14.7 Å². The van der Waals surface area contributed by atoms with Gasteiger partial charge in [-0.15, -0.1) is 0 Å². The number of hydrogen-bond acceptors (Lipinski definition) is 3. The lowest BCUT2D eigenvalue weighted by Crippen LogP contribution is -2.55. The van der Waals surface area contributed by atoms with Crippen LogP contribution in [0.4, 0.5) is 0 Å². The van der Waals surface area contributed by atoms with Gasteiger partial charge in [0.2, 0.25) is 5.91 Å². The molecule has 0 unspecified atom stereocenters. The lowest BCUT2D eigenvalue weighted by molar-refractivity contribution is -0.134. The number of rotatable bonds is 3. The molecule has 0 saturated carbocycles. The number of amides is 1. The Labute approximate surface area is 125 Å². The molecule has 1 rings (SSSR count). The second kappa shape index (κ2) is 6.44. The van der Waals surface area contributed by atoms with Crippen LogP contribution in [0.1, 0.15) is 48.0 Å². The first-order chi connectivity index (χ1) is 9.01. The van der Waals surface area contributed by atoms with Crippen LogP contribution in [0, 0.1) is 0 Å². The lowest BCUT2D eigenvalue weighted by Gasteiger charge is -2.42. The van der Waals surface area contributed by atoms with Gasteiger partial charge >= 0.3 is 0 Å². The van der Waals surface area contributed by atoms with E-state index < -0.39 is 0 Å². The van der Waals surface area contributed by atoms with Crippen molar-refractivity contribution < 1.29 is 4.79 Å². The van der Waals surface area contributed by atoms with Crippen LogP contribution < -0.4 is 0 Å². The van der Waals surface area contributed by atoms with E-state index in [1.807, 2.05) is 4.90 Å². The molecular weight excluding hydrogens is 250 g/mol. The van der Waals surface area contributed by atoms with Gasteiger partial charge in [0.05, 0.1) is 0 Å². The number of carbonyl (C=O) groups excluding carboxylic acids is 1. The largest absolute Gasteiger partial charge is 0.340 e. The van der Waals surface area contributed by atoms with Gasteiger partial charge < -0.3 is 9.80 Å². The Hall–Kier alpha value is -0.610. The summed E-state index contributed by atoms with van der Waals surface area (Å²) < 4.78 is 0. The van der Waals surface area contributed by atoms with E-state index in [0.29, 0.717) is 12.3 Å². The van der Waals surface area contributed by atoms with E-state index in [2.05, 4.69) is 58.4 Å². The van der Waals surface area contributed by atoms with Gasteiger partial charge in [0.25, 0.3) is 0 Å². The third-order valence-electron chi connectivity index (χ3n) is 4.39. The minimum absolute atomic E-state index is 0.130. The van der Waals surface area contributed by atoms with Crippen molar-refractivity contribution in [2.45, 2.75) is 59.0 Å². The van der Waals surface area contributed by atoms with Crippen molar-refractivity contribution in [1.29, 1.82) is 0 Å². The van der Waals surface area contributed by atoms with Gasteiger partial charge in [-0.1, -0.05) is 0 Å². The van der Waals surface area contributed by atoms with Crippen LogP contribution in [-0.2, 0) is 4.79 Å². The molecule has 4 nitrogen and oxygen atoms in total. The summed E-state index contributed by atoms with van der Waals surface area (Å²) in [4.78, 5) is 19.0. The van der Waals surface area contributed by atoms with Crippen molar-refractivity contribution in [2.75, 3.05) is 39.8 Å². The first kappa shape index (κ1) is 17.4.